The lowest BCUT2D eigenvalue weighted by molar-refractivity contribution is 0.0676. The highest BCUT2D eigenvalue weighted by Crippen LogP contribution is 2.30. The number of fused-ring (bicyclic) bond motifs is 1. The third kappa shape index (κ3) is 3.67. The molecule has 0 spiro atoms. The molecule has 1 aliphatic heterocycles. The summed E-state index contributed by atoms with van der Waals surface area (Å²) in [5.41, 5.74) is 1.28. The van der Waals surface area contributed by atoms with Crippen molar-refractivity contribution in [2.75, 3.05) is 19.8 Å². The number of benzene rings is 2. The molecule has 2 aromatic rings. The van der Waals surface area contributed by atoms with E-state index in [1.165, 1.54) is 29.2 Å². The largest absolute Gasteiger partial charge is 0.491 e. The van der Waals surface area contributed by atoms with Crippen molar-refractivity contribution >= 4 is 10.8 Å². The number of hydrogen-bond donors (Lipinski definition) is 1. The summed E-state index contributed by atoms with van der Waals surface area (Å²) in [5.74, 6) is 1.89. The molecular formula is C20H25NO2. The van der Waals surface area contributed by atoms with Crippen LogP contribution >= 0.6 is 0 Å². The molecule has 2 fully saturated rings. The zero-order valence-electron chi connectivity index (χ0n) is 13.6. The first-order valence-corrected chi connectivity index (χ1v) is 8.86. The van der Waals surface area contributed by atoms with Gasteiger partial charge in [-0.1, -0.05) is 30.3 Å². The van der Waals surface area contributed by atoms with Gasteiger partial charge in [0.2, 0.25) is 0 Å². The maximum atomic E-state index is 6.14. The van der Waals surface area contributed by atoms with E-state index in [-0.39, 0.29) is 6.10 Å². The molecule has 3 nitrogen and oxygen atoms in total. The van der Waals surface area contributed by atoms with Gasteiger partial charge >= 0.3 is 0 Å². The van der Waals surface area contributed by atoms with Gasteiger partial charge in [0.05, 0.1) is 6.10 Å². The van der Waals surface area contributed by atoms with Crippen molar-refractivity contribution in [2.45, 2.75) is 38.3 Å². The van der Waals surface area contributed by atoms with Crippen LogP contribution in [0.3, 0.4) is 0 Å². The standard InChI is InChI=1S/C20H25NO2/c1-2-6-18-16(4-1)9-10-20(23-14-17-5-3-11-22-17)19(18)13-21-12-15-7-8-15/h1-2,4,6,9-10,15,17,21H,3,5,7-8,11-14H2. The minimum Gasteiger partial charge on any atom is -0.491 e. The number of hydrogen-bond acceptors (Lipinski definition) is 3. The van der Waals surface area contributed by atoms with E-state index in [9.17, 15) is 0 Å². The molecule has 0 radical (unpaired) electrons. The number of rotatable bonds is 7. The van der Waals surface area contributed by atoms with Crippen LogP contribution in [0.4, 0.5) is 0 Å². The lowest BCUT2D eigenvalue weighted by Gasteiger charge is -2.17. The summed E-state index contributed by atoms with van der Waals surface area (Å²) in [7, 11) is 0. The second-order valence-electron chi connectivity index (χ2n) is 6.78. The van der Waals surface area contributed by atoms with Crippen LogP contribution in [-0.2, 0) is 11.3 Å². The molecule has 4 rings (SSSR count). The number of ether oxygens (including phenoxy) is 2. The number of nitrogens with one attached hydrogen (secondary N) is 1. The highest BCUT2D eigenvalue weighted by Gasteiger charge is 2.21. The van der Waals surface area contributed by atoms with Gasteiger partial charge in [0.25, 0.3) is 0 Å². The van der Waals surface area contributed by atoms with E-state index in [0.29, 0.717) is 6.61 Å². The van der Waals surface area contributed by atoms with Crippen molar-refractivity contribution in [3.63, 3.8) is 0 Å². The van der Waals surface area contributed by atoms with Crippen molar-refractivity contribution in [3.05, 3.63) is 42.0 Å². The molecule has 1 atom stereocenters. The van der Waals surface area contributed by atoms with Gasteiger partial charge in [-0.3, -0.25) is 0 Å². The molecule has 1 saturated heterocycles. The van der Waals surface area contributed by atoms with Gasteiger partial charge < -0.3 is 14.8 Å². The SMILES string of the molecule is c1ccc2c(CNCC3CC3)c(OCC3CCCO3)ccc2c1. The quantitative estimate of drug-likeness (QED) is 0.841. The predicted molar refractivity (Wildman–Crippen MR) is 92.8 cm³/mol. The van der Waals surface area contributed by atoms with Crippen molar-refractivity contribution < 1.29 is 9.47 Å². The summed E-state index contributed by atoms with van der Waals surface area (Å²) in [6, 6.07) is 12.8. The van der Waals surface area contributed by atoms with Gasteiger partial charge in [-0.2, -0.15) is 0 Å². The van der Waals surface area contributed by atoms with Gasteiger partial charge in [-0.15, -0.1) is 0 Å². The molecule has 2 aliphatic rings. The highest BCUT2D eigenvalue weighted by atomic mass is 16.5. The van der Waals surface area contributed by atoms with Crippen LogP contribution in [0.5, 0.6) is 5.75 Å². The smallest absolute Gasteiger partial charge is 0.124 e. The Morgan fingerprint density at radius 1 is 1.09 bits per heavy atom. The Morgan fingerprint density at radius 3 is 2.83 bits per heavy atom. The average molecular weight is 311 g/mol. The summed E-state index contributed by atoms with van der Waals surface area (Å²) in [4.78, 5) is 0. The summed E-state index contributed by atoms with van der Waals surface area (Å²) in [6.45, 7) is 3.53. The van der Waals surface area contributed by atoms with Gasteiger partial charge in [0.1, 0.15) is 12.4 Å². The first kappa shape index (κ1) is 15.0. The van der Waals surface area contributed by atoms with Gasteiger partial charge in [-0.05, 0) is 55.0 Å². The van der Waals surface area contributed by atoms with Crippen molar-refractivity contribution in [3.8, 4) is 5.75 Å². The molecule has 122 valence electrons. The second kappa shape index (κ2) is 6.90. The molecule has 1 unspecified atom stereocenters. The molecular weight excluding hydrogens is 286 g/mol. The fourth-order valence-electron chi connectivity index (χ4n) is 3.32. The van der Waals surface area contributed by atoms with Crippen LogP contribution in [-0.4, -0.2) is 25.9 Å². The molecule has 0 amide bonds. The lowest BCUT2D eigenvalue weighted by Crippen LogP contribution is -2.19. The van der Waals surface area contributed by atoms with E-state index in [1.807, 2.05) is 0 Å². The van der Waals surface area contributed by atoms with Crippen LogP contribution in [0.25, 0.3) is 10.8 Å². The fourth-order valence-corrected chi connectivity index (χ4v) is 3.32. The maximum Gasteiger partial charge on any atom is 0.124 e. The fraction of sp³-hybridized carbons (Fsp3) is 0.500. The molecule has 0 aromatic heterocycles. The summed E-state index contributed by atoms with van der Waals surface area (Å²) in [5, 5.41) is 6.18. The van der Waals surface area contributed by atoms with E-state index < -0.39 is 0 Å². The zero-order valence-corrected chi connectivity index (χ0v) is 13.6. The predicted octanol–water partition coefficient (Wildman–Crippen LogP) is 3.90. The van der Waals surface area contributed by atoms with Crippen molar-refractivity contribution in [1.82, 2.24) is 5.32 Å². The second-order valence-corrected chi connectivity index (χ2v) is 6.78. The van der Waals surface area contributed by atoms with Crippen LogP contribution in [0.2, 0.25) is 0 Å². The first-order chi connectivity index (χ1) is 11.4. The minimum absolute atomic E-state index is 0.258. The highest BCUT2D eigenvalue weighted by molar-refractivity contribution is 5.87. The summed E-state index contributed by atoms with van der Waals surface area (Å²) >= 11 is 0. The van der Waals surface area contributed by atoms with Gasteiger partial charge in [0, 0.05) is 18.7 Å². The Kier molecular flexibility index (Phi) is 4.49. The molecule has 1 heterocycles. The minimum atomic E-state index is 0.258. The van der Waals surface area contributed by atoms with E-state index >= 15 is 0 Å². The monoisotopic (exact) mass is 311 g/mol. The van der Waals surface area contributed by atoms with Gasteiger partial charge in [-0.25, -0.2) is 0 Å². The Bertz CT molecular complexity index is 660. The van der Waals surface area contributed by atoms with E-state index in [1.54, 1.807) is 0 Å². The maximum absolute atomic E-state index is 6.14. The Balaban J connectivity index is 1.53. The van der Waals surface area contributed by atoms with Crippen LogP contribution in [0.15, 0.2) is 36.4 Å². The Morgan fingerprint density at radius 2 is 2.00 bits per heavy atom. The molecule has 23 heavy (non-hydrogen) atoms. The van der Waals surface area contributed by atoms with E-state index in [4.69, 9.17) is 9.47 Å². The van der Waals surface area contributed by atoms with Crippen LogP contribution in [0.1, 0.15) is 31.2 Å². The Labute approximate surface area is 138 Å². The molecule has 1 aliphatic carbocycles. The molecule has 3 heteroatoms. The van der Waals surface area contributed by atoms with Crippen molar-refractivity contribution in [2.24, 2.45) is 5.92 Å². The van der Waals surface area contributed by atoms with E-state index in [2.05, 4.69) is 41.7 Å². The zero-order chi connectivity index (χ0) is 15.5. The topological polar surface area (TPSA) is 30.5 Å². The summed E-state index contributed by atoms with van der Waals surface area (Å²) < 4.78 is 11.8. The molecule has 1 saturated carbocycles. The lowest BCUT2D eigenvalue weighted by atomic mass is 10.0. The first-order valence-electron chi connectivity index (χ1n) is 8.86. The normalized spacial score (nSPS) is 21.0. The van der Waals surface area contributed by atoms with Gasteiger partial charge in [0.15, 0.2) is 0 Å². The van der Waals surface area contributed by atoms with Crippen LogP contribution < -0.4 is 10.1 Å². The Hall–Kier alpha value is -1.58. The van der Waals surface area contributed by atoms with Crippen LogP contribution in [0, 0.1) is 5.92 Å². The van der Waals surface area contributed by atoms with Crippen molar-refractivity contribution in [1.29, 1.82) is 0 Å². The molecule has 1 N–H and O–H groups in total. The molecule has 2 aromatic carbocycles. The average Bonchev–Trinajstić information content (AvgIpc) is 3.26. The third-order valence-electron chi connectivity index (χ3n) is 4.88. The third-order valence-corrected chi connectivity index (χ3v) is 4.88. The molecule has 0 bridgehead atoms. The van der Waals surface area contributed by atoms with E-state index in [0.717, 1.165) is 44.2 Å². The summed E-state index contributed by atoms with van der Waals surface area (Å²) in [6.07, 6.45) is 5.29.